The number of ether oxygens (including phenoxy) is 4. The number of carbonyl (C=O) groups excluding carboxylic acids is 6. The minimum atomic E-state index is -0.976. The van der Waals surface area contributed by atoms with E-state index >= 15 is 0 Å². The van der Waals surface area contributed by atoms with Crippen LogP contribution in [0, 0.1) is 0 Å². The second-order valence-corrected chi connectivity index (χ2v) is 16.8. The Hall–Kier alpha value is -4.02. The molecule has 308 valence electrons. The van der Waals surface area contributed by atoms with Crippen molar-refractivity contribution >= 4 is 36.2 Å². The minimum Gasteiger partial charge on any atom is -0.444 e. The summed E-state index contributed by atoms with van der Waals surface area (Å²) in [5, 5.41) is 16.3. The van der Waals surface area contributed by atoms with Crippen LogP contribution >= 0.6 is 0 Å². The molecule has 0 aromatic rings. The molecule has 0 fully saturated rings. The molecular weight excluding hydrogens is 690 g/mol. The SMILES string of the molecule is CC(C)(C)OC(=O)NCCC[C@@H](CNC(=O)[C@H](CCCCNC(=O)[C@H](N)CCCNC(=O)OC(C)(C)C)NC(=O)OC(C)(C)C)NC(=O)OC(C)(C)C. The molecule has 53 heavy (non-hydrogen) atoms. The van der Waals surface area contributed by atoms with Crippen LogP contribution in [0.1, 0.15) is 128 Å². The van der Waals surface area contributed by atoms with E-state index < -0.39 is 70.8 Å². The first-order valence-corrected chi connectivity index (χ1v) is 18.4. The summed E-state index contributed by atoms with van der Waals surface area (Å²) in [7, 11) is 0. The summed E-state index contributed by atoms with van der Waals surface area (Å²) in [6, 6.07) is -2.31. The Morgan fingerprint density at radius 3 is 1.36 bits per heavy atom. The molecule has 0 radical (unpaired) electrons. The van der Waals surface area contributed by atoms with Crippen LogP contribution in [-0.4, -0.2) is 103 Å². The Morgan fingerprint density at radius 2 is 0.887 bits per heavy atom. The molecule has 6 amide bonds. The summed E-state index contributed by atoms with van der Waals surface area (Å²) in [5.41, 5.74) is 3.21. The Balaban J connectivity index is 5.19. The first-order valence-electron chi connectivity index (χ1n) is 18.4. The lowest BCUT2D eigenvalue weighted by Gasteiger charge is -2.26. The Morgan fingerprint density at radius 1 is 0.472 bits per heavy atom. The van der Waals surface area contributed by atoms with Gasteiger partial charge in [-0.05, 0) is 128 Å². The number of unbranched alkanes of at least 4 members (excludes halogenated alkanes) is 1. The minimum absolute atomic E-state index is 0.0122. The van der Waals surface area contributed by atoms with Gasteiger partial charge in [-0.3, -0.25) is 9.59 Å². The molecule has 17 heteroatoms. The molecule has 17 nitrogen and oxygen atoms in total. The molecule has 0 heterocycles. The predicted octanol–water partition coefficient (Wildman–Crippen LogP) is 4.11. The Bertz CT molecular complexity index is 1170. The number of alkyl carbamates (subject to hydrolysis) is 4. The summed E-state index contributed by atoms with van der Waals surface area (Å²) in [6.07, 6.45) is 0.310. The second-order valence-electron chi connectivity index (χ2n) is 16.8. The third-order valence-electron chi connectivity index (χ3n) is 6.56. The van der Waals surface area contributed by atoms with Crippen molar-refractivity contribution in [3.8, 4) is 0 Å². The summed E-state index contributed by atoms with van der Waals surface area (Å²) < 4.78 is 21.2. The van der Waals surface area contributed by atoms with Gasteiger partial charge in [0.15, 0.2) is 0 Å². The van der Waals surface area contributed by atoms with E-state index in [1.807, 2.05) is 0 Å². The van der Waals surface area contributed by atoms with Crippen molar-refractivity contribution in [1.29, 1.82) is 0 Å². The lowest BCUT2D eigenvalue weighted by atomic mass is 10.1. The summed E-state index contributed by atoms with van der Waals surface area (Å²) >= 11 is 0. The van der Waals surface area contributed by atoms with Gasteiger partial charge in [0.2, 0.25) is 11.8 Å². The van der Waals surface area contributed by atoms with Crippen molar-refractivity contribution in [2.75, 3.05) is 26.2 Å². The highest BCUT2D eigenvalue weighted by Gasteiger charge is 2.26. The van der Waals surface area contributed by atoms with Crippen LogP contribution in [0.2, 0.25) is 0 Å². The van der Waals surface area contributed by atoms with E-state index in [4.69, 9.17) is 24.7 Å². The maximum absolute atomic E-state index is 13.4. The van der Waals surface area contributed by atoms with Gasteiger partial charge in [-0.15, -0.1) is 0 Å². The molecule has 0 rings (SSSR count). The normalized spacial score (nSPS) is 13.7. The van der Waals surface area contributed by atoms with Crippen molar-refractivity contribution in [3.63, 3.8) is 0 Å². The third kappa shape index (κ3) is 29.2. The smallest absolute Gasteiger partial charge is 0.408 e. The molecule has 0 aliphatic heterocycles. The van der Waals surface area contributed by atoms with E-state index in [2.05, 4.69) is 31.9 Å². The fraction of sp³-hybridized carbons (Fsp3) is 0.833. The van der Waals surface area contributed by atoms with Crippen LogP contribution in [0.15, 0.2) is 0 Å². The van der Waals surface area contributed by atoms with Gasteiger partial charge in [-0.25, -0.2) is 19.2 Å². The van der Waals surface area contributed by atoms with Crippen LogP contribution in [0.25, 0.3) is 0 Å². The molecule has 0 aromatic carbocycles. The Labute approximate surface area is 316 Å². The van der Waals surface area contributed by atoms with E-state index in [0.29, 0.717) is 51.6 Å². The third-order valence-corrected chi connectivity index (χ3v) is 6.56. The second kappa shape index (κ2) is 22.9. The number of carbonyl (C=O) groups is 6. The molecule has 8 N–H and O–H groups in total. The van der Waals surface area contributed by atoms with Gasteiger partial charge in [0.25, 0.3) is 0 Å². The van der Waals surface area contributed by atoms with Crippen molar-refractivity contribution in [2.45, 2.75) is 169 Å². The molecule has 0 bridgehead atoms. The summed E-state index contributed by atoms with van der Waals surface area (Å²) in [5.74, 6) is -0.835. The highest BCUT2D eigenvalue weighted by Crippen LogP contribution is 2.11. The maximum atomic E-state index is 13.4. The van der Waals surface area contributed by atoms with E-state index in [1.165, 1.54) is 0 Å². The molecule has 0 aliphatic carbocycles. The zero-order chi connectivity index (χ0) is 41.0. The first-order chi connectivity index (χ1) is 24.2. The number of hydrogen-bond donors (Lipinski definition) is 7. The van der Waals surface area contributed by atoms with Gasteiger partial charge in [-0.1, -0.05) is 0 Å². The molecule has 0 saturated heterocycles. The van der Waals surface area contributed by atoms with Gasteiger partial charge in [0.1, 0.15) is 28.4 Å². The van der Waals surface area contributed by atoms with E-state index in [-0.39, 0.29) is 25.4 Å². The van der Waals surface area contributed by atoms with Gasteiger partial charge >= 0.3 is 24.4 Å². The van der Waals surface area contributed by atoms with E-state index in [0.717, 1.165) is 0 Å². The van der Waals surface area contributed by atoms with E-state index in [9.17, 15) is 28.8 Å². The average molecular weight is 760 g/mol. The van der Waals surface area contributed by atoms with Crippen LogP contribution in [0.4, 0.5) is 19.2 Å². The standard InChI is InChI=1S/C36H69N7O10/c1-33(2,3)50-29(46)39-21-15-17-24(42-31(48)52-35(7,8)9)23-41-28(45)26(43-32(49)53-36(10,11)12)19-13-14-20-38-27(44)25(37)18-16-22-40-30(47)51-34(4,5)6/h24-26H,13-23,37H2,1-12H3,(H,38,44)(H,39,46)(H,40,47)(H,41,45)(H,42,48)(H,43,49)/t24-,25+,26-/m0/s1. The van der Waals surface area contributed by atoms with Gasteiger partial charge in [0.05, 0.1) is 6.04 Å². The lowest BCUT2D eigenvalue weighted by molar-refractivity contribution is -0.124. The van der Waals surface area contributed by atoms with Crippen LogP contribution < -0.4 is 37.6 Å². The zero-order valence-electron chi connectivity index (χ0n) is 34.2. The van der Waals surface area contributed by atoms with Crippen molar-refractivity contribution in [2.24, 2.45) is 5.73 Å². The monoisotopic (exact) mass is 760 g/mol. The largest absolute Gasteiger partial charge is 0.444 e. The highest BCUT2D eigenvalue weighted by molar-refractivity contribution is 5.85. The van der Waals surface area contributed by atoms with Gasteiger partial charge < -0.3 is 56.6 Å². The Kier molecular flexibility index (Phi) is 21.2. The molecule has 0 unspecified atom stereocenters. The molecule has 0 aromatic heterocycles. The fourth-order valence-corrected chi connectivity index (χ4v) is 4.39. The van der Waals surface area contributed by atoms with Crippen molar-refractivity contribution in [1.82, 2.24) is 31.9 Å². The van der Waals surface area contributed by atoms with Crippen LogP contribution in [0.3, 0.4) is 0 Å². The van der Waals surface area contributed by atoms with Crippen LogP contribution in [0.5, 0.6) is 0 Å². The number of hydrogen-bond acceptors (Lipinski definition) is 11. The number of rotatable bonds is 19. The highest BCUT2D eigenvalue weighted by atomic mass is 16.6. The quantitative estimate of drug-likeness (QED) is 0.0731. The van der Waals surface area contributed by atoms with E-state index in [1.54, 1.807) is 83.1 Å². The van der Waals surface area contributed by atoms with Gasteiger partial charge in [0, 0.05) is 32.2 Å². The topological polar surface area (TPSA) is 238 Å². The average Bonchev–Trinajstić information content (AvgIpc) is 2.95. The first kappa shape index (κ1) is 49.0. The molecule has 0 saturated carbocycles. The fourth-order valence-electron chi connectivity index (χ4n) is 4.39. The van der Waals surface area contributed by atoms with Crippen molar-refractivity contribution in [3.05, 3.63) is 0 Å². The van der Waals surface area contributed by atoms with Gasteiger partial charge in [-0.2, -0.15) is 0 Å². The molecular formula is C36H69N7O10. The van der Waals surface area contributed by atoms with Crippen molar-refractivity contribution < 1.29 is 47.7 Å². The predicted molar refractivity (Wildman–Crippen MR) is 201 cm³/mol. The van der Waals surface area contributed by atoms with Crippen LogP contribution in [-0.2, 0) is 28.5 Å². The summed E-state index contributed by atoms with van der Waals surface area (Å²) in [6.45, 7) is 21.8. The number of nitrogens with two attached hydrogens (primary N) is 1. The maximum Gasteiger partial charge on any atom is 0.408 e. The summed E-state index contributed by atoms with van der Waals surface area (Å²) in [4.78, 5) is 74.9. The molecule has 0 spiro atoms. The molecule has 0 aliphatic rings. The zero-order valence-corrected chi connectivity index (χ0v) is 34.2. The number of nitrogens with one attached hydrogen (secondary N) is 6. The molecule has 3 atom stereocenters. The lowest BCUT2D eigenvalue weighted by Crippen LogP contribution is -2.52. The number of amides is 6.